The van der Waals surface area contributed by atoms with Gasteiger partial charge in [0.05, 0.1) is 12.3 Å². The Labute approximate surface area is 120 Å². The molecule has 0 radical (unpaired) electrons. The summed E-state index contributed by atoms with van der Waals surface area (Å²) >= 11 is 0. The third-order valence-corrected chi connectivity index (χ3v) is 2.68. The Morgan fingerprint density at radius 3 is 2.57 bits per heavy atom. The Morgan fingerprint density at radius 2 is 1.95 bits per heavy atom. The monoisotopic (exact) mass is 297 g/mol. The second-order valence-corrected chi connectivity index (χ2v) is 4.17. The maximum absolute atomic E-state index is 12.8. The molecule has 0 atom stereocenters. The Hall–Kier alpha value is -2.31. The number of ether oxygens (including phenoxy) is 1. The summed E-state index contributed by atoms with van der Waals surface area (Å²) in [5, 5.41) is 2.61. The van der Waals surface area contributed by atoms with Crippen LogP contribution in [0.4, 0.5) is 19.0 Å². The highest BCUT2D eigenvalue weighted by atomic mass is 19.4. The van der Waals surface area contributed by atoms with Crippen molar-refractivity contribution in [2.24, 2.45) is 0 Å². The van der Waals surface area contributed by atoms with Gasteiger partial charge in [-0.15, -0.1) is 0 Å². The molecular formula is C14H14F3N3O. The summed E-state index contributed by atoms with van der Waals surface area (Å²) in [6.45, 7) is 2.31. The third kappa shape index (κ3) is 3.62. The topological polar surface area (TPSA) is 47.0 Å². The second-order valence-electron chi connectivity index (χ2n) is 4.17. The fourth-order valence-electron chi connectivity index (χ4n) is 1.76. The van der Waals surface area contributed by atoms with E-state index in [0.717, 1.165) is 0 Å². The minimum absolute atomic E-state index is 0.106. The molecule has 0 saturated heterocycles. The number of hydrogen-bond donors (Lipinski definition) is 1. The number of benzene rings is 1. The molecule has 2 aromatic rings. The van der Waals surface area contributed by atoms with Crippen molar-refractivity contribution >= 4 is 5.82 Å². The zero-order valence-electron chi connectivity index (χ0n) is 11.5. The minimum atomic E-state index is -4.60. The van der Waals surface area contributed by atoms with Gasteiger partial charge in [-0.2, -0.15) is 13.2 Å². The molecule has 1 heterocycles. The lowest BCUT2D eigenvalue weighted by Gasteiger charge is -2.11. The van der Waals surface area contributed by atoms with E-state index in [4.69, 9.17) is 4.74 Å². The zero-order valence-corrected chi connectivity index (χ0v) is 11.5. The molecule has 2 rings (SSSR count). The first-order valence-corrected chi connectivity index (χ1v) is 6.31. The summed E-state index contributed by atoms with van der Waals surface area (Å²) in [5.41, 5.74) is 0.716. The van der Waals surface area contributed by atoms with Crippen molar-refractivity contribution in [2.75, 3.05) is 19.0 Å². The number of anilines is 1. The van der Waals surface area contributed by atoms with E-state index in [1.807, 2.05) is 6.92 Å². The van der Waals surface area contributed by atoms with Crippen molar-refractivity contribution in [3.8, 4) is 17.0 Å². The number of nitrogens with zero attached hydrogens (tertiary/aromatic N) is 2. The van der Waals surface area contributed by atoms with Crippen LogP contribution >= 0.6 is 0 Å². The van der Waals surface area contributed by atoms with Crippen LogP contribution in [0, 0.1) is 0 Å². The molecule has 7 heteroatoms. The molecular weight excluding hydrogens is 283 g/mol. The molecule has 1 aromatic carbocycles. The predicted molar refractivity (Wildman–Crippen MR) is 73.2 cm³/mol. The van der Waals surface area contributed by atoms with Gasteiger partial charge < -0.3 is 10.1 Å². The van der Waals surface area contributed by atoms with Gasteiger partial charge in [0.15, 0.2) is 0 Å². The van der Waals surface area contributed by atoms with Gasteiger partial charge in [-0.05, 0) is 19.1 Å². The standard InChI is InChI=1S/C14H14F3N3O/c1-3-21-10-6-4-5-9(7-10)11-8-12(18-2)20-13(19-11)14(15,16)17/h4-8H,3H2,1-2H3,(H,18,19,20). The average molecular weight is 297 g/mol. The largest absolute Gasteiger partial charge is 0.494 e. The molecule has 0 amide bonds. The smallest absolute Gasteiger partial charge is 0.451 e. The molecule has 0 fully saturated rings. The SMILES string of the molecule is CCOc1cccc(-c2cc(NC)nc(C(F)(F)F)n2)c1. The Balaban J connectivity index is 2.50. The van der Waals surface area contributed by atoms with Crippen LogP contribution in [0.25, 0.3) is 11.3 Å². The maximum atomic E-state index is 12.8. The van der Waals surface area contributed by atoms with E-state index < -0.39 is 12.0 Å². The first-order valence-electron chi connectivity index (χ1n) is 6.31. The zero-order chi connectivity index (χ0) is 15.5. The highest BCUT2D eigenvalue weighted by molar-refractivity contribution is 5.64. The number of alkyl halides is 3. The molecule has 0 unspecified atom stereocenters. The summed E-state index contributed by atoms with van der Waals surface area (Å²) in [5.74, 6) is -0.492. The normalized spacial score (nSPS) is 11.3. The van der Waals surface area contributed by atoms with Gasteiger partial charge in [0.25, 0.3) is 0 Å². The van der Waals surface area contributed by atoms with E-state index in [9.17, 15) is 13.2 Å². The van der Waals surface area contributed by atoms with Crippen molar-refractivity contribution in [3.05, 3.63) is 36.2 Å². The van der Waals surface area contributed by atoms with Crippen LogP contribution in [0.5, 0.6) is 5.75 Å². The summed E-state index contributed by atoms with van der Waals surface area (Å²) in [6.07, 6.45) is -4.60. The highest BCUT2D eigenvalue weighted by Gasteiger charge is 2.35. The van der Waals surface area contributed by atoms with E-state index in [2.05, 4.69) is 15.3 Å². The fraction of sp³-hybridized carbons (Fsp3) is 0.286. The lowest BCUT2D eigenvalue weighted by atomic mass is 10.1. The molecule has 0 saturated carbocycles. The lowest BCUT2D eigenvalue weighted by Crippen LogP contribution is -2.13. The summed E-state index contributed by atoms with van der Waals surface area (Å²) in [4.78, 5) is 7.02. The van der Waals surface area contributed by atoms with E-state index in [1.54, 1.807) is 24.3 Å². The summed E-state index contributed by atoms with van der Waals surface area (Å²) < 4.78 is 43.8. The van der Waals surface area contributed by atoms with Crippen LogP contribution in [-0.4, -0.2) is 23.6 Å². The van der Waals surface area contributed by atoms with E-state index >= 15 is 0 Å². The molecule has 0 aliphatic carbocycles. The molecule has 0 aliphatic rings. The Kier molecular flexibility index (Phi) is 4.30. The van der Waals surface area contributed by atoms with Gasteiger partial charge in [0.2, 0.25) is 5.82 Å². The fourth-order valence-corrected chi connectivity index (χ4v) is 1.76. The molecule has 21 heavy (non-hydrogen) atoms. The summed E-state index contributed by atoms with van der Waals surface area (Å²) in [7, 11) is 1.50. The highest BCUT2D eigenvalue weighted by Crippen LogP contribution is 2.30. The van der Waals surface area contributed by atoms with E-state index in [0.29, 0.717) is 17.9 Å². The van der Waals surface area contributed by atoms with E-state index in [-0.39, 0.29) is 11.5 Å². The van der Waals surface area contributed by atoms with Crippen molar-refractivity contribution in [1.29, 1.82) is 0 Å². The molecule has 0 aliphatic heterocycles. The number of nitrogens with one attached hydrogen (secondary N) is 1. The molecule has 0 bridgehead atoms. The van der Waals surface area contributed by atoms with Gasteiger partial charge in [0, 0.05) is 18.7 Å². The van der Waals surface area contributed by atoms with E-state index in [1.165, 1.54) is 13.1 Å². The van der Waals surface area contributed by atoms with Gasteiger partial charge in [-0.3, -0.25) is 0 Å². The van der Waals surface area contributed by atoms with Gasteiger partial charge >= 0.3 is 6.18 Å². The van der Waals surface area contributed by atoms with Crippen molar-refractivity contribution in [3.63, 3.8) is 0 Å². The predicted octanol–water partition coefficient (Wildman–Crippen LogP) is 3.60. The number of hydrogen-bond acceptors (Lipinski definition) is 4. The van der Waals surface area contributed by atoms with Crippen LogP contribution in [0.3, 0.4) is 0 Å². The second kappa shape index (κ2) is 5.99. The first kappa shape index (κ1) is 15.1. The molecule has 0 spiro atoms. The van der Waals surface area contributed by atoms with Gasteiger partial charge in [0.1, 0.15) is 11.6 Å². The van der Waals surface area contributed by atoms with Gasteiger partial charge in [-0.25, -0.2) is 9.97 Å². The quantitative estimate of drug-likeness (QED) is 0.936. The van der Waals surface area contributed by atoms with Crippen LogP contribution in [0.1, 0.15) is 12.7 Å². The summed E-state index contributed by atoms with van der Waals surface area (Å²) in [6, 6.07) is 8.21. The van der Waals surface area contributed by atoms with Gasteiger partial charge in [-0.1, -0.05) is 12.1 Å². The average Bonchev–Trinajstić information content (AvgIpc) is 2.46. The van der Waals surface area contributed by atoms with Crippen LogP contribution in [0.2, 0.25) is 0 Å². The Bertz CT molecular complexity index is 629. The lowest BCUT2D eigenvalue weighted by molar-refractivity contribution is -0.144. The number of aromatic nitrogens is 2. The third-order valence-electron chi connectivity index (χ3n) is 2.68. The maximum Gasteiger partial charge on any atom is 0.451 e. The molecule has 112 valence electrons. The van der Waals surface area contributed by atoms with Crippen LogP contribution < -0.4 is 10.1 Å². The minimum Gasteiger partial charge on any atom is -0.494 e. The van der Waals surface area contributed by atoms with Crippen LogP contribution in [0.15, 0.2) is 30.3 Å². The number of halogens is 3. The first-order chi connectivity index (χ1) is 9.94. The molecule has 4 nitrogen and oxygen atoms in total. The van der Waals surface area contributed by atoms with Crippen molar-refractivity contribution in [2.45, 2.75) is 13.1 Å². The number of rotatable bonds is 4. The van der Waals surface area contributed by atoms with Crippen molar-refractivity contribution < 1.29 is 17.9 Å². The molecule has 1 aromatic heterocycles. The molecule has 1 N–H and O–H groups in total. The van der Waals surface area contributed by atoms with Crippen molar-refractivity contribution in [1.82, 2.24) is 9.97 Å². The Morgan fingerprint density at radius 1 is 1.19 bits per heavy atom. The van der Waals surface area contributed by atoms with Crippen LogP contribution in [-0.2, 0) is 6.18 Å².